The lowest BCUT2D eigenvalue weighted by Crippen LogP contribution is -2.33. The molecule has 0 unspecified atom stereocenters. The van der Waals surface area contributed by atoms with E-state index in [-0.39, 0.29) is 12.5 Å². The van der Waals surface area contributed by atoms with Gasteiger partial charge in [0.15, 0.2) is 0 Å². The summed E-state index contributed by atoms with van der Waals surface area (Å²) in [6.07, 6.45) is 6.97. The van der Waals surface area contributed by atoms with Crippen LogP contribution in [0.5, 0.6) is 0 Å². The molecule has 1 rings (SSSR count). The fraction of sp³-hybridized carbons (Fsp3) is 0.308. The maximum absolute atomic E-state index is 11.3. The first-order valence-corrected chi connectivity index (χ1v) is 6.97. The Labute approximate surface area is 115 Å². The topological polar surface area (TPSA) is 66.5 Å². The van der Waals surface area contributed by atoms with Crippen LogP contribution in [0.2, 0.25) is 0 Å². The number of allylic oxidation sites excluding steroid dienone is 4. The monoisotopic (exact) mass is 282 g/mol. The van der Waals surface area contributed by atoms with Gasteiger partial charge in [-0.1, -0.05) is 30.9 Å². The molecule has 104 valence electrons. The van der Waals surface area contributed by atoms with E-state index in [1.54, 1.807) is 25.2 Å². The van der Waals surface area contributed by atoms with Crippen molar-refractivity contribution >= 4 is 16.8 Å². The SMILES string of the molecule is C=C/C=C1/C=C(CNC(C)=O)CN([SH](=O)=O)/C1=C/C. The van der Waals surface area contributed by atoms with Crippen LogP contribution in [0.3, 0.4) is 0 Å². The molecular weight excluding hydrogens is 264 g/mol. The highest BCUT2D eigenvalue weighted by molar-refractivity contribution is 7.70. The molecule has 0 aromatic heterocycles. The Morgan fingerprint density at radius 2 is 2.26 bits per heavy atom. The average molecular weight is 282 g/mol. The van der Waals surface area contributed by atoms with Gasteiger partial charge in [-0.25, -0.2) is 8.42 Å². The van der Waals surface area contributed by atoms with Crippen molar-refractivity contribution in [3.63, 3.8) is 0 Å². The fourth-order valence-electron chi connectivity index (χ4n) is 1.83. The number of carbonyl (C=O) groups is 1. The minimum absolute atomic E-state index is 0.148. The predicted molar refractivity (Wildman–Crippen MR) is 75.8 cm³/mol. The lowest BCUT2D eigenvalue weighted by atomic mass is 10.0. The molecule has 0 fully saturated rings. The van der Waals surface area contributed by atoms with E-state index in [0.717, 1.165) is 11.1 Å². The summed E-state index contributed by atoms with van der Waals surface area (Å²) in [5, 5.41) is 2.67. The second-order valence-corrected chi connectivity index (χ2v) is 5.00. The van der Waals surface area contributed by atoms with E-state index in [0.29, 0.717) is 12.2 Å². The third kappa shape index (κ3) is 4.10. The van der Waals surface area contributed by atoms with Gasteiger partial charge in [0.1, 0.15) is 0 Å². The molecule has 1 aliphatic heterocycles. The van der Waals surface area contributed by atoms with Gasteiger partial charge in [-0.3, -0.25) is 9.10 Å². The Balaban J connectivity index is 3.11. The number of nitrogens with one attached hydrogen (secondary N) is 1. The van der Waals surface area contributed by atoms with Crippen molar-refractivity contribution in [1.29, 1.82) is 0 Å². The molecule has 6 heteroatoms. The highest BCUT2D eigenvalue weighted by atomic mass is 32.2. The van der Waals surface area contributed by atoms with Gasteiger partial charge in [-0.2, -0.15) is 0 Å². The Bertz CT molecular complexity index is 534. The molecule has 0 saturated heterocycles. The Morgan fingerprint density at radius 3 is 2.74 bits per heavy atom. The second kappa shape index (κ2) is 6.94. The maximum atomic E-state index is 11.3. The van der Waals surface area contributed by atoms with Crippen LogP contribution in [-0.4, -0.2) is 31.7 Å². The standard InChI is InChI=1S/C13H18N2O3S/c1-4-6-12-7-11(8-14-10(3)16)9-15(19(17)18)13(12)5-2/h4-7,19H,1,8-9H2,2-3H3,(H,14,16)/b12-6-,13-5+. The van der Waals surface area contributed by atoms with E-state index in [1.807, 2.05) is 6.08 Å². The second-order valence-electron chi connectivity index (χ2n) is 4.04. The molecule has 0 saturated carbocycles. The van der Waals surface area contributed by atoms with Crippen LogP contribution in [0.15, 0.2) is 47.7 Å². The zero-order chi connectivity index (χ0) is 14.4. The largest absolute Gasteiger partial charge is 0.353 e. The van der Waals surface area contributed by atoms with Crippen LogP contribution in [0.4, 0.5) is 0 Å². The van der Waals surface area contributed by atoms with Gasteiger partial charge >= 0.3 is 0 Å². The number of carbonyl (C=O) groups excluding carboxylic acids is 1. The van der Waals surface area contributed by atoms with Gasteiger partial charge in [-0.05, 0) is 18.1 Å². The van der Waals surface area contributed by atoms with E-state index in [1.165, 1.54) is 11.2 Å². The van der Waals surface area contributed by atoms with Crippen LogP contribution >= 0.6 is 0 Å². The highest BCUT2D eigenvalue weighted by Gasteiger charge is 2.21. The molecule has 0 spiro atoms. The van der Waals surface area contributed by atoms with Crippen LogP contribution in [0.25, 0.3) is 0 Å². The van der Waals surface area contributed by atoms with E-state index in [4.69, 9.17) is 0 Å². The third-order valence-electron chi connectivity index (χ3n) is 2.62. The van der Waals surface area contributed by atoms with E-state index in [9.17, 15) is 13.2 Å². The minimum atomic E-state index is -2.72. The van der Waals surface area contributed by atoms with E-state index < -0.39 is 10.9 Å². The normalized spacial score (nSPS) is 19.7. The molecule has 0 bridgehead atoms. The molecule has 0 aliphatic carbocycles. The molecular formula is C13H18N2O3S. The number of thiol groups is 1. The van der Waals surface area contributed by atoms with Crippen LogP contribution < -0.4 is 5.32 Å². The molecule has 1 N–H and O–H groups in total. The molecule has 1 heterocycles. The molecule has 19 heavy (non-hydrogen) atoms. The van der Waals surface area contributed by atoms with E-state index >= 15 is 0 Å². The molecule has 5 nitrogen and oxygen atoms in total. The van der Waals surface area contributed by atoms with Crippen molar-refractivity contribution in [2.24, 2.45) is 0 Å². The van der Waals surface area contributed by atoms with Gasteiger partial charge in [0.2, 0.25) is 16.8 Å². The number of hydrogen-bond donors (Lipinski definition) is 2. The number of rotatable bonds is 4. The molecule has 1 amide bonds. The highest BCUT2D eigenvalue weighted by Crippen LogP contribution is 2.25. The number of hydrogen-bond acceptors (Lipinski definition) is 3. The minimum Gasteiger partial charge on any atom is -0.353 e. The Morgan fingerprint density at radius 1 is 1.58 bits per heavy atom. The number of nitrogens with zero attached hydrogens (tertiary/aromatic N) is 1. The van der Waals surface area contributed by atoms with Crippen LogP contribution in [-0.2, 0) is 15.7 Å². The summed E-state index contributed by atoms with van der Waals surface area (Å²) < 4.78 is 23.9. The van der Waals surface area contributed by atoms with Gasteiger partial charge < -0.3 is 5.32 Å². The van der Waals surface area contributed by atoms with Gasteiger partial charge in [0.25, 0.3) is 0 Å². The third-order valence-corrected chi connectivity index (χ3v) is 3.37. The summed E-state index contributed by atoms with van der Waals surface area (Å²) in [6.45, 7) is 7.42. The molecule has 0 aromatic carbocycles. The van der Waals surface area contributed by atoms with Crippen molar-refractivity contribution in [1.82, 2.24) is 9.62 Å². The first-order valence-electron chi connectivity index (χ1n) is 5.84. The van der Waals surface area contributed by atoms with Crippen LogP contribution in [0, 0.1) is 0 Å². The van der Waals surface area contributed by atoms with Gasteiger partial charge in [0, 0.05) is 13.5 Å². The summed E-state index contributed by atoms with van der Waals surface area (Å²) in [5.74, 6) is -0.148. The van der Waals surface area contributed by atoms with Crippen molar-refractivity contribution in [2.75, 3.05) is 13.1 Å². The van der Waals surface area contributed by atoms with E-state index in [2.05, 4.69) is 11.9 Å². The number of amides is 1. The Hall–Kier alpha value is -1.82. The quantitative estimate of drug-likeness (QED) is 0.753. The molecule has 0 atom stereocenters. The smallest absolute Gasteiger partial charge is 0.225 e. The van der Waals surface area contributed by atoms with Crippen molar-refractivity contribution in [3.8, 4) is 0 Å². The van der Waals surface area contributed by atoms with Crippen molar-refractivity contribution in [2.45, 2.75) is 13.8 Å². The van der Waals surface area contributed by atoms with Crippen molar-refractivity contribution < 1.29 is 13.2 Å². The first-order chi connectivity index (χ1) is 8.99. The summed E-state index contributed by atoms with van der Waals surface area (Å²) >= 11 is 0. The van der Waals surface area contributed by atoms with Crippen molar-refractivity contribution in [3.05, 3.63) is 47.7 Å². The zero-order valence-corrected chi connectivity index (χ0v) is 11.9. The Kier molecular flexibility index (Phi) is 5.57. The molecule has 0 radical (unpaired) electrons. The zero-order valence-electron chi connectivity index (χ0n) is 11.0. The van der Waals surface area contributed by atoms with Gasteiger partial charge in [-0.15, -0.1) is 0 Å². The predicted octanol–water partition coefficient (Wildman–Crippen LogP) is 0.907. The summed E-state index contributed by atoms with van der Waals surface area (Å²) in [6, 6.07) is 0. The van der Waals surface area contributed by atoms with Crippen LogP contribution in [0.1, 0.15) is 13.8 Å². The molecule has 1 aliphatic rings. The summed E-state index contributed by atoms with van der Waals surface area (Å²) in [7, 11) is -2.72. The lowest BCUT2D eigenvalue weighted by molar-refractivity contribution is -0.118. The van der Waals surface area contributed by atoms with Gasteiger partial charge in [0.05, 0.1) is 12.2 Å². The maximum Gasteiger partial charge on any atom is 0.225 e. The fourth-order valence-corrected chi connectivity index (χ4v) is 2.54. The summed E-state index contributed by atoms with van der Waals surface area (Å²) in [5.41, 5.74) is 2.22. The lowest BCUT2D eigenvalue weighted by Gasteiger charge is -2.28. The molecule has 0 aromatic rings. The summed E-state index contributed by atoms with van der Waals surface area (Å²) in [4.78, 5) is 10.9. The average Bonchev–Trinajstić information content (AvgIpc) is 2.36. The first kappa shape index (κ1) is 15.2.